The molecule has 0 aromatic heterocycles. The summed E-state index contributed by atoms with van der Waals surface area (Å²) in [5.74, 6) is 0.660. The Kier molecular flexibility index (Phi) is 7.97. The van der Waals surface area contributed by atoms with Crippen molar-refractivity contribution in [3.63, 3.8) is 0 Å². The average Bonchev–Trinajstić information content (AvgIpc) is 2.71. The van der Waals surface area contributed by atoms with E-state index in [9.17, 15) is 9.59 Å². The van der Waals surface area contributed by atoms with Crippen molar-refractivity contribution < 1.29 is 14.3 Å². The van der Waals surface area contributed by atoms with E-state index in [1.165, 1.54) is 5.56 Å². The number of Topliss-reactive ketones (excluding diaryl/α,β-unsaturated/α-hetero) is 1. The second-order valence-corrected chi connectivity index (χ2v) is 8.22. The summed E-state index contributed by atoms with van der Waals surface area (Å²) in [6.07, 6.45) is 1.45. The number of amides is 1. The maximum absolute atomic E-state index is 12.2. The summed E-state index contributed by atoms with van der Waals surface area (Å²) in [6, 6.07) is 14.6. The lowest BCUT2D eigenvalue weighted by Gasteiger charge is -2.21. The van der Waals surface area contributed by atoms with Gasteiger partial charge in [0.2, 0.25) is 0 Å². The number of ether oxygens (including phenoxy) is 1. The van der Waals surface area contributed by atoms with Crippen LogP contribution in [0.2, 0.25) is 0 Å². The minimum atomic E-state index is -0.511. The number of aryl methyl sites for hydroxylation is 1. The van der Waals surface area contributed by atoms with Crippen molar-refractivity contribution in [1.82, 2.24) is 5.32 Å². The van der Waals surface area contributed by atoms with Gasteiger partial charge in [-0.3, -0.25) is 9.59 Å². The number of carbonyl (C=O) groups is 2. The number of carbonyl (C=O) groups excluding carboxylic acids is 2. The maximum atomic E-state index is 12.2. The van der Waals surface area contributed by atoms with Gasteiger partial charge in [-0.2, -0.15) is 0 Å². The Morgan fingerprint density at radius 3 is 2.14 bits per heavy atom. The minimum Gasteiger partial charge on any atom is -0.492 e. The standard InChI is InChI=1S/C24H32N2O3/c1-5-17-6-10-19(11-7-17)23(28)26-14-15-29-20-12-8-18(9-13-20)16-21(25)22(27)24(2,3)4/h6-13,21H,5,14-16,25H2,1-4H3,(H,26,28). The zero-order valence-corrected chi connectivity index (χ0v) is 17.8. The van der Waals surface area contributed by atoms with Crippen LogP contribution in [-0.4, -0.2) is 30.9 Å². The van der Waals surface area contributed by atoms with E-state index in [-0.39, 0.29) is 11.7 Å². The van der Waals surface area contributed by atoms with Crippen LogP contribution in [0.5, 0.6) is 5.75 Å². The van der Waals surface area contributed by atoms with Gasteiger partial charge in [-0.15, -0.1) is 0 Å². The lowest BCUT2D eigenvalue weighted by Crippen LogP contribution is -2.40. The molecular weight excluding hydrogens is 364 g/mol. The Labute approximate surface area is 173 Å². The van der Waals surface area contributed by atoms with Crippen molar-refractivity contribution >= 4 is 11.7 Å². The van der Waals surface area contributed by atoms with E-state index < -0.39 is 11.5 Å². The second-order valence-electron chi connectivity index (χ2n) is 8.22. The molecule has 0 saturated heterocycles. The molecule has 0 aliphatic rings. The SMILES string of the molecule is CCc1ccc(C(=O)NCCOc2ccc(CC(N)C(=O)C(C)(C)C)cc2)cc1. The van der Waals surface area contributed by atoms with Gasteiger partial charge in [0, 0.05) is 11.0 Å². The van der Waals surface area contributed by atoms with Crippen molar-refractivity contribution in [1.29, 1.82) is 0 Å². The predicted octanol–water partition coefficient (Wildman–Crippen LogP) is 3.54. The summed E-state index contributed by atoms with van der Waals surface area (Å²) in [4.78, 5) is 24.3. The zero-order valence-electron chi connectivity index (χ0n) is 17.8. The third-order valence-electron chi connectivity index (χ3n) is 4.74. The first-order valence-electron chi connectivity index (χ1n) is 10.1. The molecule has 1 atom stereocenters. The molecule has 3 N–H and O–H groups in total. The number of ketones is 1. The van der Waals surface area contributed by atoms with Gasteiger partial charge in [-0.05, 0) is 48.2 Å². The van der Waals surface area contributed by atoms with Gasteiger partial charge in [0.15, 0.2) is 5.78 Å². The van der Waals surface area contributed by atoms with Crippen LogP contribution in [0.25, 0.3) is 0 Å². The fraction of sp³-hybridized carbons (Fsp3) is 0.417. The van der Waals surface area contributed by atoms with Crippen molar-refractivity contribution in [3.05, 3.63) is 65.2 Å². The lowest BCUT2D eigenvalue weighted by atomic mass is 9.85. The van der Waals surface area contributed by atoms with Crippen molar-refractivity contribution in [2.24, 2.45) is 11.1 Å². The number of rotatable bonds is 9. The molecule has 156 valence electrons. The van der Waals surface area contributed by atoms with E-state index in [1.807, 2.05) is 69.3 Å². The molecule has 0 heterocycles. The van der Waals surface area contributed by atoms with Gasteiger partial charge >= 0.3 is 0 Å². The lowest BCUT2D eigenvalue weighted by molar-refractivity contribution is -0.127. The molecule has 0 fully saturated rings. The van der Waals surface area contributed by atoms with Crippen LogP contribution < -0.4 is 15.8 Å². The topological polar surface area (TPSA) is 81.4 Å². The van der Waals surface area contributed by atoms with Gasteiger partial charge < -0.3 is 15.8 Å². The number of nitrogens with two attached hydrogens (primary N) is 1. The van der Waals surface area contributed by atoms with Gasteiger partial charge in [-0.25, -0.2) is 0 Å². The third-order valence-corrected chi connectivity index (χ3v) is 4.74. The van der Waals surface area contributed by atoms with Crippen LogP contribution >= 0.6 is 0 Å². The van der Waals surface area contributed by atoms with Crippen LogP contribution in [0.15, 0.2) is 48.5 Å². The Morgan fingerprint density at radius 2 is 1.59 bits per heavy atom. The Balaban J connectivity index is 1.75. The van der Waals surface area contributed by atoms with Crippen LogP contribution in [0.4, 0.5) is 0 Å². The van der Waals surface area contributed by atoms with E-state index in [0.717, 1.165) is 12.0 Å². The Hall–Kier alpha value is -2.66. The molecule has 0 aliphatic heterocycles. The van der Waals surface area contributed by atoms with E-state index in [4.69, 9.17) is 10.5 Å². The highest BCUT2D eigenvalue weighted by Crippen LogP contribution is 2.19. The quantitative estimate of drug-likeness (QED) is 0.635. The molecule has 2 aromatic carbocycles. The van der Waals surface area contributed by atoms with Crippen LogP contribution in [0.1, 0.15) is 49.2 Å². The van der Waals surface area contributed by atoms with Crippen molar-refractivity contribution in [2.45, 2.75) is 46.6 Å². The normalized spacial score (nSPS) is 12.3. The molecule has 0 bridgehead atoms. The molecule has 1 amide bonds. The summed E-state index contributed by atoms with van der Waals surface area (Å²) in [5, 5.41) is 2.85. The fourth-order valence-corrected chi connectivity index (χ4v) is 2.95. The van der Waals surface area contributed by atoms with E-state index in [0.29, 0.717) is 30.9 Å². The number of benzene rings is 2. The Bertz CT molecular complexity index is 806. The number of hydrogen-bond acceptors (Lipinski definition) is 4. The van der Waals surface area contributed by atoms with E-state index in [1.54, 1.807) is 0 Å². The first-order chi connectivity index (χ1) is 13.7. The smallest absolute Gasteiger partial charge is 0.251 e. The number of nitrogens with one attached hydrogen (secondary N) is 1. The summed E-state index contributed by atoms with van der Waals surface area (Å²) in [7, 11) is 0. The molecule has 5 heteroatoms. The summed E-state index contributed by atoms with van der Waals surface area (Å²) in [5.41, 5.74) is 8.45. The molecule has 0 radical (unpaired) electrons. The van der Waals surface area contributed by atoms with Gasteiger partial charge in [0.1, 0.15) is 12.4 Å². The third kappa shape index (κ3) is 7.02. The second kappa shape index (κ2) is 10.2. The molecule has 0 saturated carbocycles. The molecule has 29 heavy (non-hydrogen) atoms. The van der Waals surface area contributed by atoms with Crippen LogP contribution in [0, 0.1) is 5.41 Å². The monoisotopic (exact) mass is 396 g/mol. The molecule has 0 spiro atoms. The molecular formula is C24H32N2O3. The first-order valence-corrected chi connectivity index (χ1v) is 10.1. The summed E-state index contributed by atoms with van der Waals surface area (Å²) >= 11 is 0. The van der Waals surface area contributed by atoms with Gasteiger partial charge in [-0.1, -0.05) is 52.0 Å². The van der Waals surface area contributed by atoms with E-state index >= 15 is 0 Å². The van der Waals surface area contributed by atoms with Gasteiger partial charge in [0.05, 0.1) is 12.6 Å². The highest BCUT2D eigenvalue weighted by Gasteiger charge is 2.27. The summed E-state index contributed by atoms with van der Waals surface area (Å²) < 4.78 is 5.68. The highest BCUT2D eigenvalue weighted by atomic mass is 16.5. The average molecular weight is 397 g/mol. The predicted molar refractivity (Wildman–Crippen MR) is 116 cm³/mol. The maximum Gasteiger partial charge on any atom is 0.251 e. The molecule has 2 rings (SSSR count). The summed E-state index contributed by atoms with van der Waals surface area (Å²) in [6.45, 7) is 8.52. The fourth-order valence-electron chi connectivity index (χ4n) is 2.95. The van der Waals surface area contributed by atoms with Crippen molar-refractivity contribution in [3.8, 4) is 5.75 Å². The molecule has 5 nitrogen and oxygen atoms in total. The molecule has 2 aromatic rings. The number of hydrogen-bond donors (Lipinski definition) is 2. The largest absolute Gasteiger partial charge is 0.492 e. The van der Waals surface area contributed by atoms with Crippen LogP contribution in [-0.2, 0) is 17.6 Å². The zero-order chi connectivity index (χ0) is 21.4. The molecule has 0 aliphatic carbocycles. The van der Waals surface area contributed by atoms with Crippen molar-refractivity contribution in [2.75, 3.05) is 13.2 Å². The highest BCUT2D eigenvalue weighted by molar-refractivity contribution is 5.94. The van der Waals surface area contributed by atoms with Crippen LogP contribution in [0.3, 0.4) is 0 Å². The molecule has 1 unspecified atom stereocenters. The van der Waals surface area contributed by atoms with Gasteiger partial charge in [0.25, 0.3) is 5.91 Å². The minimum absolute atomic E-state index is 0.0536. The Morgan fingerprint density at radius 1 is 1.00 bits per heavy atom. The first kappa shape index (κ1) is 22.6. The van der Waals surface area contributed by atoms with E-state index in [2.05, 4.69) is 12.2 Å².